The Kier molecular flexibility index (Phi) is 4.52. The van der Waals surface area contributed by atoms with Crippen LogP contribution in [-0.2, 0) is 11.3 Å². The fourth-order valence-corrected chi connectivity index (χ4v) is 2.45. The second-order valence-electron chi connectivity index (χ2n) is 5.43. The van der Waals surface area contributed by atoms with Gasteiger partial charge in [0.15, 0.2) is 0 Å². The van der Waals surface area contributed by atoms with Gasteiger partial charge >= 0.3 is 0 Å². The summed E-state index contributed by atoms with van der Waals surface area (Å²) in [6.45, 7) is 1.65. The first-order chi connectivity index (χ1) is 11.6. The summed E-state index contributed by atoms with van der Waals surface area (Å²) >= 11 is 0. The van der Waals surface area contributed by atoms with E-state index < -0.39 is 0 Å². The summed E-state index contributed by atoms with van der Waals surface area (Å²) in [5, 5.41) is 6.94. The van der Waals surface area contributed by atoms with E-state index in [0.717, 1.165) is 15.8 Å². The molecule has 0 spiro atoms. The molecule has 0 aliphatic carbocycles. The van der Waals surface area contributed by atoms with Crippen molar-refractivity contribution in [3.05, 3.63) is 82.8 Å². The SMILES string of the molecule is Cc1ccc(=O)n(CC(=O)Nc2ccccc2-c2ccccc2)n1. The van der Waals surface area contributed by atoms with Crippen LogP contribution < -0.4 is 10.9 Å². The molecule has 24 heavy (non-hydrogen) atoms. The van der Waals surface area contributed by atoms with Gasteiger partial charge in [-0.2, -0.15) is 5.10 Å². The molecule has 1 aromatic heterocycles. The Morgan fingerprint density at radius 3 is 2.50 bits per heavy atom. The van der Waals surface area contributed by atoms with Crippen molar-refractivity contribution >= 4 is 11.6 Å². The van der Waals surface area contributed by atoms with Gasteiger partial charge in [-0.25, -0.2) is 4.68 Å². The molecule has 0 aliphatic rings. The molecule has 0 fully saturated rings. The highest BCUT2D eigenvalue weighted by atomic mass is 16.2. The molecule has 0 atom stereocenters. The topological polar surface area (TPSA) is 64.0 Å². The lowest BCUT2D eigenvalue weighted by Gasteiger charge is -2.12. The van der Waals surface area contributed by atoms with Crippen LogP contribution in [-0.4, -0.2) is 15.7 Å². The standard InChI is InChI=1S/C19H17N3O2/c1-14-11-12-19(24)22(21-14)13-18(23)20-17-10-6-5-9-16(17)15-7-3-2-4-8-15/h2-12H,13H2,1H3,(H,20,23). The van der Waals surface area contributed by atoms with Crippen LogP contribution in [0.25, 0.3) is 11.1 Å². The summed E-state index contributed by atoms with van der Waals surface area (Å²) in [6.07, 6.45) is 0. The van der Waals surface area contributed by atoms with Crippen molar-refractivity contribution in [2.75, 3.05) is 5.32 Å². The number of rotatable bonds is 4. The monoisotopic (exact) mass is 319 g/mol. The van der Waals surface area contributed by atoms with E-state index in [4.69, 9.17) is 0 Å². The number of hydrogen-bond acceptors (Lipinski definition) is 3. The molecule has 0 aliphatic heterocycles. The minimum Gasteiger partial charge on any atom is -0.324 e. The van der Waals surface area contributed by atoms with Crippen LogP contribution in [0.3, 0.4) is 0 Å². The molecule has 1 amide bonds. The molecular formula is C19H17N3O2. The van der Waals surface area contributed by atoms with Gasteiger partial charge in [-0.3, -0.25) is 9.59 Å². The molecule has 0 unspecified atom stereocenters. The van der Waals surface area contributed by atoms with Gasteiger partial charge in [0.2, 0.25) is 5.91 Å². The van der Waals surface area contributed by atoms with Crippen LogP contribution in [0.15, 0.2) is 71.5 Å². The third kappa shape index (κ3) is 3.57. The molecule has 0 saturated heterocycles. The van der Waals surface area contributed by atoms with E-state index in [9.17, 15) is 9.59 Å². The van der Waals surface area contributed by atoms with Crippen molar-refractivity contribution in [3.8, 4) is 11.1 Å². The quantitative estimate of drug-likeness (QED) is 0.804. The van der Waals surface area contributed by atoms with Crippen LogP contribution in [0.5, 0.6) is 0 Å². The van der Waals surface area contributed by atoms with Crippen molar-refractivity contribution in [1.82, 2.24) is 9.78 Å². The molecule has 0 radical (unpaired) electrons. The fourth-order valence-electron chi connectivity index (χ4n) is 2.45. The van der Waals surface area contributed by atoms with Crippen molar-refractivity contribution in [2.45, 2.75) is 13.5 Å². The number of para-hydroxylation sites is 1. The highest BCUT2D eigenvalue weighted by Gasteiger charge is 2.10. The van der Waals surface area contributed by atoms with Crippen LogP contribution in [0.1, 0.15) is 5.69 Å². The van der Waals surface area contributed by atoms with Gasteiger partial charge in [-0.15, -0.1) is 0 Å². The number of carbonyl (C=O) groups is 1. The van der Waals surface area contributed by atoms with Gasteiger partial charge in [-0.05, 0) is 24.6 Å². The average Bonchev–Trinajstić information content (AvgIpc) is 2.59. The first kappa shape index (κ1) is 15.7. The third-order valence-corrected chi connectivity index (χ3v) is 3.58. The predicted molar refractivity (Wildman–Crippen MR) is 93.7 cm³/mol. The molecule has 3 rings (SSSR count). The van der Waals surface area contributed by atoms with Crippen molar-refractivity contribution in [3.63, 3.8) is 0 Å². The van der Waals surface area contributed by atoms with Gasteiger partial charge in [0.25, 0.3) is 5.56 Å². The second kappa shape index (κ2) is 6.91. The van der Waals surface area contributed by atoms with Crippen molar-refractivity contribution < 1.29 is 4.79 Å². The highest BCUT2D eigenvalue weighted by molar-refractivity contribution is 5.95. The van der Waals surface area contributed by atoms with E-state index in [2.05, 4.69) is 10.4 Å². The number of carbonyl (C=O) groups excluding carboxylic acids is 1. The number of aryl methyl sites for hydroxylation is 1. The number of nitrogens with one attached hydrogen (secondary N) is 1. The van der Waals surface area contributed by atoms with Gasteiger partial charge < -0.3 is 5.32 Å². The first-order valence-corrected chi connectivity index (χ1v) is 7.62. The largest absolute Gasteiger partial charge is 0.324 e. The third-order valence-electron chi connectivity index (χ3n) is 3.58. The predicted octanol–water partition coefficient (Wildman–Crippen LogP) is 2.86. The molecule has 0 bridgehead atoms. The van der Waals surface area contributed by atoms with E-state index >= 15 is 0 Å². The zero-order chi connectivity index (χ0) is 16.9. The molecule has 5 heteroatoms. The molecule has 3 aromatic rings. The van der Waals surface area contributed by atoms with E-state index in [1.165, 1.54) is 6.07 Å². The normalized spacial score (nSPS) is 10.4. The fraction of sp³-hybridized carbons (Fsp3) is 0.105. The van der Waals surface area contributed by atoms with Crippen LogP contribution in [0.4, 0.5) is 5.69 Å². The maximum absolute atomic E-state index is 12.3. The second-order valence-corrected chi connectivity index (χ2v) is 5.43. The Balaban J connectivity index is 1.83. The van der Waals surface area contributed by atoms with Crippen LogP contribution >= 0.6 is 0 Å². The Morgan fingerprint density at radius 1 is 1.00 bits per heavy atom. The van der Waals surface area contributed by atoms with Gasteiger partial charge in [0.1, 0.15) is 6.54 Å². The molecule has 0 saturated carbocycles. The molecule has 120 valence electrons. The smallest absolute Gasteiger partial charge is 0.267 e. The maximum atomic E-state index is 12.3. The lowest BCUT2D eigenvalue weighted by atomic mass is 10.0. The Bertz CT molecular complexity index is 917. The number of benzene rings is 2. The zero-order valence-electron chi connectivity index (χ0n) is 13.3. The Hall–Kier alpha value is -3.21. The molecular weight excluding hydrogens is 302 g/mol. The van der Waals surface area contributed by atoms with E-state index in [0.29, 0.717) is 11.4 Å². The summed E-state index contributed by atoms with van der Waals surface area (Å²) in [5.74, 6) is -0.293. The number of anilines is 1. The van der Waals surface area contributed by atoms with Crippen LogP contribution in [0.2, 0.25) is 0 Å². The lowest BCUT2D eigenvalue weighted by molar-refractivity contribution is -0.117. The number of hydrogen-bond donors (Lipinski definition) is 1. The van der Waals surface area contributed by atoms with Crippen molar-refractivity contribution in [2.24, 2.45) is 0 Å². The molecule has 5 nitrogen and oxygen atoms in total. The summed E-state index contributed by atoms with van der Waals surface area (Å²) < 4.78 is 1.16. The number of amides is 1. The summed E-state index contributed by atoms with van der Waals surface area (Å²) in [5.41, 5.74) is 3.03. The molecule has 1 N–H and O–H groups in total. The van der Waals surface area contributed by atoms with Gasteiger partial charge in [-0.1, -0.05) is 48.5 Å². The van der Waals surface area contributed by atoms with Crippen LogP contribution in [0, 0.1) is 6.92 Å². The van der Waals surface area contributed by atoms with E-state index in [1.807, 2.05) is 54.6 Å². The zero-order valence-corrected chi connectivity index (χ0v) is 13.3. The average molecular weight is 319 g/mol. The van der Waals surface area contributed by atoms with E-state index in [-0.39, 0.29) is 18.0 Å². The molecule has 2 aromatic carbocycles. The Labute approximate surface area is 139 Å². The summed E-state index contributed by atoms with van der Waals surface area (Å²) in [6, 6.07) is 20.4. The maximum Gasteiger partial charge on any atom is 0.267 e. The number of nitrogens with zero attached hydrogens (tertiary/aromatic N) is 2. The highest BCUT2D eigenvalue weighted by Crippen LogP contribution is 2.27. The first-order valence-electron chi connectivity index (χ1n) is 7.62. The van der Waals surface area contributed by atoms with Gasteiger partial charge in [0.05, 0.1) is 5.69 Å². The van der Waals surface area contributed by atoms with Gasteiger partial charge in [0, 0.05) is 17.3 Å². The van der Waals surface area contributed by atoms with E-state index in [1.54, 1.807) is 13.0 Å². The minimum atomic E-state index is -0.299. The van der Waals surface area contributed by atoms with Crippen molar-refractivity contribution in [1.29, 1.82) is 0 Å². The summed E-state index contributed by atoms with van der Waals surface area (Å²) in [7, 11) is 0. The summed E-state index contributed by atoms with van der Waals surface area (Å²) in [4.78, 5) is 24.1. The Morgan fingerprint density at radius 2 is 1.71 bits per heavy atom. The minimum absolute atomic E-state index is 0.121. The molecule has 1 heterocycles. The lowest BCUT2D eigenvalue weighted by Crippen LogP contribution is -2.29. The number of aromatic nitrogens is 2.